The summed E-state index contributed by atoms with van der Waals surface area (Å²) in [6.07, 6.45) is 5.33. The molecule has 0 aliphatic carbocycles. The minimum Gasteiger partial charge on any atom is -0.380 e. The van der Waals surface area contributed by atoms with Crippen LogP contribution >= 0.6 is 0 Å². The number of anilines is 2. The fraction of sp³-hybridized carbons (Fsp3) is 0.562. The summed E-state index contributed by atoms with van der Waals surface area (Å²) in [6.45, 7) is 5.11. The van der Waals surface area contributed by atoms with Gasteiger partial charge >= 0.3 is 0 Å². The quantitative estimate of drug-likeness (QED) is 0.817. The fourth-order valence-corrected chi connectivity index (χ4v) is 2.60. The summed E-state index contributed by atoms with van der Waals surface area (Å²) >= 11 is 0. The van der Waals surface area contributed by atoms with Gasteiger partial charge < -0.3 is 10.2 Å². The number of rotatable bonds is 5. The Kier molecular flexibility index (Phi) is 4.83. The van der Waals surface area contributed by atoms with E-state index in [-0.39, 0.29) is 11.9 Å². The largest absolute Gasteiger partial charge is 0.380 e. The number of fused-ring (bicyclic) bond motifs is 1. The van der Waals surface area contributed by atoms with Crippen LogP contribution in [0, 0.1) is 0 Å². The van der Waals surface area contributed by atoms with Crippen molar-refractivity contribution < 1.29 is 4.79 Å². The Labute approximate surface area is 116 Å². The Bertz CT molecular complexity index is 431. The Hall–Kier alpha value is -1.51. The molecule has 1 aliphatic heterocycles. The second kappa shape index (κ2) is 6.60. The molecule has 1 amide bonds. The number of nitrogens with zero attached hydrogens (tertiary/aromatic N) is 1. The predicted octanol–water partition coefficient (Wildman–Crippen LogP) is 3.80. The number of carbonyl (C=O) groups excluding carboxylic acids is 1. The SMILES string of the molecule is CCCCCCN1C(=O)CC(C)Nc2ccccc21. The molecule has 3 heteroatoms. The van der Waals surface area contributed by atoms with E-state index < -0.39 is 0 Å². The van der Waals surface area contributed by atoms with Crippen LogP contribution in [0.25, 0.3) is 0 Å². The van der Waals surface area contributed by atoms with Gasteiger partial charge in [-0.05, 0) is 25.5 Å². The molecule has 3 nitrogen and oxygen atoms in total. The summed E-state index contributed by atoms with van der Waals surface area (Å²) in [5.41, 5.74) is 2.12. The average Bonchev–Trinajstić information content (AvgIpc) is 2.51. The van der Waals surface area contributed by atoms with E-state index in [0.717, 1.165) is 24.3 Å². The van der Waals surface area contributed by atoms with Crippen molar-refractivity contribution in [1.82, 2.24) is 0 Å². The lowest BCUT2D eigenvalue weighted by Gasteiger charge is -2.22. The van der Waals surface area contributed by atoms with Gasteiger partial charge in [0, 0.05) is 19.0 Å². The molecule has 0 radical (unpaired) electrons. The molecule has 1 aromatic carbocycles. The summed E-state index contributed by atoms with van der Waals surface area (Å²) in [6, 6.07) is 8.32. The van der Waals surface area contributed by atoms with E-state index in [1.165, 1.54) is 19.3 Å². The second-order valence-electron chi connectivity index (χ2n) is 5.37. The highest BCUT2D eigenvalue weighted by Gasteiger charge is 2.24. The first-order valence-electron chi connectivity index (χ1n) is 7.38. The standard InChI is InChI=1S/C16H24N2O/c1-3-4-5-8-11-18-15-10-7-6-9-14(15)17-13(2)12-16(18)19/h6-7,9-10,13,17H,3-5,8,11-12H2,1-2H3. The molecule has 0 bridgehead atoms. The van der Waals surface area contributed by atoms with Crippen LogP contribution in [0.5, 0.6) is 0 Å². The first-order valence-corrected chi connectivity index (χ1v) is 7.38. The Morgan fingerprint density at radius 3 is 2.84 bits per heavy atom. The van der Waals surface area contributed by atoms with Gasteiger partial charge in [-0.25, -0.2) is 0 Å². The van der Waals surface area contributed by atoms with Crippen molar-refractivity contribution in [3.63, 3.8) is 0 Å². The topological polar surface area (TPSA) is 32.3 Å². The third kappa shape index (κ3) is 3.49. The van der Waals surface area contributed by atoms with Crippen LogP contribution in [0.4, 0.5) is 11.4 Å². The van der Waals surface area contributed by atoms with E-state index in [2.05, 4.69) is 25.2 Å². The normalized spacial score (nSPS) is 18.7. The van der Waals surface area contributed by atoms with Crippen molar-refractivity contribution in [3.8, 4) is 0 Å². The molecule has 104 valence electrons. The number of nitrogens with one attached hydrogen (secondary N) is 1. The smallest absolute Gasteiger partial charge is 0.229 e. The zero-order valence-electron chi connectivity index (χ0n) is 12.0. The number of unbranched alkanes of at least 4 members (excludes halogenated alkanes) is 3. The molecule has 1 N–H and O–H groups in total. The lowest BCUT2D eigenvalue weighted by atomic mass is 10.1. The van der Waals surface area contributed by atoms with Gasteiger partial charge in [-0.3, -0.25) is 4.79 Å². The summed E-state index contributed by atoms with van der Waals surface area (Å²) in [4.78, 5) is 14.3. The van der Waals surface area contributed by atoms with Gasteiger partial charge in [0.15, 0.2) is 0 Å². The Morgan fingerprint density at radius 1 is 1.26 bits per heavy atom. The molecule has 1 unspecified atom stereocenters. The zero-order valence-corrected chi connectivity index (χ0v) is 12.0. The molecular formula is C16H24N2O. The molecule has 0 saturated heterocycles. The van der Waals surface area contributed by atoms with Gasteiger partial charge in [-0.1, -0.05) is 38.3 Å². The number of para-hydroxylation sites is 2. The summed E-state index contributed by atoms with van der Waals surface area (Å²) in [5, 5.41) is 3.42. The minimum atomic E-state index is 0.203. The van der Waals surface area contributed by atoms with Crippen molar-refractivity contribution >= 4 is 17.3 Å². The number of benzene rings is 1. The predicted molar refractivity (Wildman–Crippen MR) is 80.6 cm³/mol. The monoisotopic (exact) mass is 260 g/mol. The van der Waals surface area contributed by atoms with Crippen LogP contribution in [-0.2, 0) is 4.79 Å². The average molecular weight is 260 g/mol. The van der Waals surface area contributed by atoms with Crippen molar-refractivity contribution in [1.29, 1.82) is 0 Å². The minimum absolute atomic E-state index is 0.203. The van der Waals surface area contributed by atoms with Crippen LogP contribution in [0.2, 0.25) is 0 Å². The van der Waals surface area contributed by atoms with Crippen molar-refractivity contribution in [2.24, 2.45) is 0 Å². The number of carbonyl (C=O) groups is 1. The molecule has 1 aliphatic rings. The maximum absolute atomic E-state index is 12.3. The van der Waals surface area contributed by atoms with Crippen LogP contribution < -0.4 is 10.2 Å². The van der Waals surface area contributed by atoms with Gasteiger partial charge in [-0.2, -0.15) is 0 Å². The summed E-state index contributed by atoms with van der Waals surface area (Å²) < 4.78 is 0. The molecule has 0 fully saturated rings. The zero-order chi connectivity index (χ0) is 13.7. The molecule has 1 atom stereocenters. The highest BCUT2D eigenvalue weighted by molar-refractivity contribution is 5.98. The van der Waals surface area contributed by atoms with E-state index in [0.29, 0.717) is 6.42 Å². The van der Waals surface area contributed by atoms with Crippen molar-refractivity contribution in [3.05, 3.63) is 24.3 Å². The maximum Gasteiger partial charge on any atom is 0.229 e. The highest BCUT2D eigenvalue weighted by Crippen LogP contribution is 2.30. The number of hydrogen-bond acceptors (Lipinski definition) is 2. The van der Waals surface area contributed by atoms with E-state index in [4.69, 9.17) is 0 Å². The summed E-state index contributed by atoms with van der Waals surface area (Å²) in [5.74, 6) is 0.237. The van der Waals surface area contributed by atoms with Crippen molar-refractivity contribution in [2.45, 2.75) is 52.0 Å². The Morgan fingerprint density at radius 2 is 2.05 bits per heavy atom. The molecule has 1 aromatic rings. The third-order valence-electron chi connectivity index (χ3n) is 3.61. The highest BCUT2D eigenvalue weighted by atomic mass is 16.2. The van der Waals surface area contributed by atoms with Crippen LogP contribution in [0.15, 0.2) is 24.3 Å². The first kappa shape index (κ1) is 13.9. The molecule has 1 heterocycles. The third-order valence-corrected chi connectivity index (χ3v) is 3.61. The number of amides is 1. The first-order chi connectivity index (χ1) is 9.22. The van der Waals surface area contributed by atoms with E-state index >= 15 is 0 Å². The summed E-state index contributed by atoms with van der Waals surface area (Å²) in [7, 11) is 0. The molecule has 19 heavy (non-hydrogen) atoms. The van der Waals surface area contributed by atoms with Gasteiger partial charge in [0.25, 0.3) is 0 Å². The van der Waals surface area contributed by atoms with Crippen molar-refractivity contribution in [2.75, 3.05) is 16.8 Å². The Balaban J connectivity index is 2.13. The molecular weight excluding hydrogens is 236 g/mol. The van der Waals surface area contributed by atoms with E-state index in [1.807, 2.05) is 23.1 Å². The van der Waals surface area contributed by atoms with Crippen LogP contribution in [-0.4, -0.2) is 18.5 Å². The van der Waals surface area contributed by atoms with Crippen LogP contribution in [0.3, 0.4) is 0 Å². The number of hydrogen-bond donors (Lipinski definition) is 1. The molecule has 0 spiro atoms. The fourth-order valence-electron chi connectivity index (χ4n) is 2.60. The molecule has 0 saturated carbocycles. The molecule has 0 aromatic heterocycles. The van der Waals surface area contributed by atoms with E-state index in [1.54, 1.807) is 0 Å². The molecule has 2 rings (SSSR count). The lowest BCUT2D eigenvalue weighted by molar-refractivity contribution is -0.118. The van der Waals surface area contributed by atoms with Gasteiger partial charge in [0.05, 0.1) is 11.4 Å². The second-order valence-corrected chi connectivity index (χ2v) is 5.37. The maximum atomic E-state index is 12.3. The van der Waals surface area contributed by atoms with Gasteiger partial charge in [-0.15, -0.1) is 0 Å². The van der Waals surface area contributed by atoms with Gasteiger partial charge in [0.2, 0.25) is 5.91 Å². The van der Waals surface area contributed by atoms with E-state index in [9.17, 15) is 4.79 Å². The van der Waals surface area contributed by atoms with Gasteiger partial charge in [0.1, 0.15) is 0 Å². The lowest BCUT2D eigenvalue weighted by Crippen LogP contribution is -2.32. The van der Waals surface area contributed by atoms with Crippen LogP contribution in [0.1, 0.15) is 46.0 Å².